The normalized spacial score (nSPS) is 25.7. The Kier molecular flexibility index (Phi) is 9.54. The molecular weight excluding hydrogens is 568 g/mol. The van der Waals surface area contributed by atoms with E-state index in [4.69, 9.17) is 41.9 Å². The minimum Gasteiger partial charge on any atom is -0.462 e. The summed E-state index contributed by atoms with van der Waals surface area (Å²) in [4.78, 5) is 38.1. The maximum atomic E-state index is 13.6. The summed E-state index contributed by atoms with van der Waals surface area (Å²) in [5.41, 5.74) is -3.50. The average Bonchev–Trinajstić information content (AvgIpc) is 3.03. The van der Waals surface area contributed by atoms with Crippen LogP contribution in [0.3, 0.4) is 0 Å². The highest BCUT2D eigenvalue weighted by Crippen LogP contribution is 2.47. The van der Waals surface area contributed by atoms with Gasteiger partial charge in [-0.05, 0) is 51.6 Å². The number of esters is 1. The van der Waals surface area contributed by atoms with E-state index in [0.717, 1.165) is 22.9 Å². The molecule has 16 heteroatoms. The molecule has 2 heterocycles. The van der Waals surface area contributed by atoms with E-state index in [2.05, 4.69) is 5.09 Å². The van der Waals surface area contributed by atoms with Crippen molar-refractivity contribution in [1.29, 1.82) is 0 Å². The maximum Gasteiger partial charge on any atom is 0.330 e. The molecule has 0 bridgehead atoms. The van der Waals surface area contributed by atoms with Crippen molar-refractivity contribution in [1.82, 2.24) is 14.6 Å². The van der Waals surface area contributed by atoms with E-state index in [1.807, 2.05) is 4.98 Å². The number of H-pyrrole nitrogens is 1. The van der Waals surface area contributed by atoms with Crippen molar-refractivity contribution < 1.29 is 37.9 Å². The van der Waals surface area contributed by atoms with Crippen LogP contribution in [0.4, 0.5) is 4.39 Å². The third-order valence-electron chi connectivity index (χ3n) is 5.44. The number of carbonyl (C=O) groups is 1. The first-order valence-electron chi connectivity index (χ1n) is 11.4. The molecule has 0 amide bonds. The zero-order valence-corrected chi connectivity index (χ0v) is 23.3. The molecule has 1 aliphatic rings. The molecule has 2 unspecified atom stereocenters. The number of aliphatic hydroxyl groups is 2. The summed E-state index contributed by atoms with van der Waals surface area (Å²) in [7, 11) is 0. The van der Waals surface area contributed by atoms with Crippen LogP contribution >= 0.6 is 18.2 Å². The van der Waals surface area contributed by atoms with Gasteiger partial charge < -0.3 is 28.7 Å². The number of aromatic amines is 1. The van der Waals surface area contributed by atoms with Crippen LogP contribution in [0.15, 0.2) is 40.1 Å². The van der Waals surface area contributed by atoms with Crippen LogP contribution in [0, 0.1) is 5.82 Å². The Morgan fingerprint density at radius 1 is 1.37 bits per heavy atom. The van der Waals surface area contributed by atoms with Crippen LogP contribution < -0.4 is 20.9 Å². The first-order valence-corrected chi connectivity index (χ1v) is 14.4. The number of aliphatic hydroxyl groups excluding tert-OH is 1. The monoisotopic (exact) mass is 595 g/mol. The van der Waals surface area contributed by atoms with Crippen molar-refractivity contribution in [3.8, 4) is 5.75 Å². The second kappa shape index (κ2) is 11.9. The molecule has 0 radical (unpaired) electrons. The Morgan fingerprint density at radius 3 is 2.66 bits per heavy atom. The van der Waals surface area contributed by atoms with Gasteiger partial charge in [0.25, 0.3) is 5.56 Å². The van der Waals surface area contributed by atoms with Gasteiger partial charge in [-0.1, -0.05) is 11.6 Å². The number of hydrogen-bond donors (Lipinski definition) is 4. The lowest BCUT2D eigenvalue weighted by Gasteiger charge is -2.28. The predicted octanol–water partition coefficient (Wildman–Crippen LogP) is 1.59. The highest BCUT2D eigenvalue weighted by Gasteiger charge is 2.54. The Morgan fingerprint density at radius 2 is 2.05 bits per heavy atom. The lowest BCUT2D eigenvalue weighted by atomic mass is 9.96. The van der Waals surface area contributed by atoms with E-state index < -0.39 is 72.5 Å². The van der Waals surface area contributed by atoms with Crippen LogP contribution in [-0.2, 0) is 30.6 Å². The lowest BCUT2D eigenvalue weighted by Crippen LogP contribution is -2.47. The average molecular weight is 596 g/mol. The van der Waals surface area contributed by atoms with Crippen LogP contribution in [0.2, 0.25) is 5.02 Å². The SMILES string of the molecule is CC(C)OC(=O)C(C)NP(=S)(OC[C@H]1O[C@@H](n2ccc(=O)[nH]c2=O)[C@](C)(O)[C@@H]1O)Oc1ccc(F)c(Cl)c1. The smallest absolute Gasteiger partial charge is 0.330 e. The fourth-order valence-corrected chi connectivity index (χ4v) is 6.13. The Hall–Kier alpha value is -2.16. The predicted molar refractivity (Wildman–Crippen MR) is 138 cm³/mol. The molecule has 0 saturated carbocycles. The summed E-state index contributed by atoms with van der Waals surface area (Å²) in [5.74, 6) is -1.30. The molecule has 0 aliphatic carbocycles. The number of carbonyl (C=O) groups excluding carboxylic acids is 1. The maximum absolute atomic E-state index is 13.6. The quantitative estimate of drug-likeness (QED) is 0.233. The standard InChI is InChI=1S/C22H28ClFN3O9PS/c1-11(2)34-19(30)12(3)26-37(38,36-13-5-6-15(24)14(23)9-13)33-10-16-18(29)22(4,32)20(35-16)27-8-7-17(28)25-21(27)31/h5-9,11-12,16,18,20,29,32H,10H2,1-4H3,(H,26,38)(H,25,28,31)/t12?,16-,18-,20-,22-,37?/m1/s1. The molecule has 0 spiro atoms. The Labute approximate surface area is 226 Å². The molecule has 1 saturated heterocycles. The summed E-state index contributed by atoms with van der Waals surface area (Å²) in [5, 5.41) is 24.2. The molecule has 38 heavy (non-hydrogen) atoms. The first-order chi connectivity index (χ1) is 17.6. The highest BCUT2D eigenvalue weighted by atomic mass is 35.5. The van der Waals surface area contributed by atoms with Crippen molar-refractivity contribution in [3.05, 3.63) is 62.1 Å². The van der Waals surface area contributed by atoms with Crippen molar-refractivity contribution in [3.63, 3.8) is 0 Å². The molecule has 12 nitrogen and oxygen atoms in total. The number of nitrogens with one attached hydrogen (secondary N) is 2. The van der Waals surface area contributed by atoms with Crippen LogP contribution in [0.5, 0.6) is 5.75 Å². The van der Waals surface area contributed by atoms with E-state index in [1.165, 1.54) is 26.0 Å². The van der Waals surface area contributed by atoms with Crippen molar-refractivity contribution in [2.45, 2.75) is 63.9 Å². The summed E-state index contributed by atoms with van der Waals surface area (Å²) < 4.78 is 37.1. The van der Waals surface area contributed by atoms with Crippen LogP contribution in [0.25, 0.3) is 0 Å². The zero-order chi connectivity index (χ0) is 28.4. The van der Waals surface area contributed by atoms with Gasteiger partial charge in [0.05, 0.1) is 17.7 Å². The van der Waals surface area contributed by atoms with Crippen LogP contribution in [-0.4, -0.2) is 62.3 Å². The number of ether oxygens (including phenoxy) is 2. The molecule has 2 aromatic rings. The van der Waals surface area contributed by atoms with Crippen molar-refractivity contribution in [2.24, 2.45) is 0 Å². The third kappa shape index (κ3) is 7.07. The molecular formula is C22H28ClFN3O9PS. The molecule has 4 N–H and O–H groups in total. The largest absolute Gasteiger partial charge is 0.462 e. The molecule has 1 aromatic heterocycles. The Bertz CT molecular complexity index is 1340. The Balaban J connectivity index is 1.83. The molecule has 1 aliphatic heterocycles. The zero-order valence-electron chi connectivity index (χ0n) is 20.8. The number of hydrogen-bond acceptors (Lipinski definition) is 10. The number of nitrogens with zero attached hydrogens (tertiary/aromatic N) is 1. The van der Waals surface area contributed by atoms with E-state index in [0.29, 0.717) is 0 Å². The van der Waals surface area contributed by atoms with E-state index in [9.17, 15) is 29.0 Å². The van der Waals surface area contributed by atoms with E-state index >= 15 is 0 Å². The van der Waals surface area contributed by atoms with Crippen LogP contribution in [0.1, 0.15) is 33.9 Å². The fourth-order valence-electron chi connectivity index (χ4n) is 3.55. The molecule has 210 valence electrons. The van der Waals surface area contributed by atoms with Gasteiger partial charge in [-0.2, -0.15) is 0 Å². The van der Waals surface area contributed by atoms with E-state index in [-0.39, 0.29) is 10.8 Å². The summed E-state index contributed by atoms with van der Waals surface area (Å²) >= 11 is 11.4. The van der Waals surface area contributed by atoms with Gasteiger partial charge in [0.15, 0.2) is 6.23 Å². The second-order valence-electron chi connectivity index (χ2n) is 9.01. The van der Waals surface area contributed by atoms with Gasteiger partial charge >= 0.3 is 18.3 Å². The topological polar surface area (TPSA) is 161 Å². The summed E-state index contributed by atoms with van der Waals surface area (Å²) in [6.07, 6.45) is -3.47. The third-order valence-corrected chi connectivity index (χ3v) is 8.23. The molecule has 1 aromatic carbocycles. The van der Waals surface area contributed by atoms with Gasteiger partial charge in [-0.15, -0.1) is 0 Å². The van der Waals surface area contributed by atoms with Gasteiger partial charge in [0.2, 0.25) is 0 Å². The molecule has 1 fully saturated rings. The minimum absolute atomic E-state index is 0.0363. The van der Waals surface area contributed by atoms with Crippen molar-refractivity contribution >= 4 is 36.0 Å². The van der Waals surface area contributed by atoms with Gasteiger partial charge in [0, 0.05) is 18.3 Å². The van der Waals surface area contributed by atoms with E-state index in [1.54, 1.807) is 13.8 Å². The molecule has 3 rings (SSSR count). The second-order valence-corrected chi connectivity index (χ2v) is 12.6. The van der Waals surface area contributed by atoms with Crippen molar-refractivity contribution in [2.75, 3.05) is 6.61 Å². The van der Waals surface area contributed by atoms with Gasteiger partial charge in [0.1, 0.15) is 35.4 Å². The first kappa shape index (κ1) is 30.4. The fraction of sp³-hybridized carbons (Fsp3) is 0.500. The number of halogens is 2. The summed E-state index contributed by atoms with van der Waals surface area (Å²) in [6.45, 7) is 1.95. The number of benzene rings is 1. The lowest BCUT2D eigenvalue weighted by molar-refractivity contribution is -0.149. The number of aromatic nitrogens is 2. The minimum atomic E-state index is -3.65. The summed E-state index contributed by atoms with van der Waals surface area (Å²) in [6, 6.07) is 3.55. The highest BCUT2D eigenvalue weighted by molar-refractivity contribution is 8.09. The number of rotatable bonds is 10. The molecule has 6 atom stereocenters. The van der Waals surface area contributed by atoms with Gasteiger partial charge in [-0.25, -0.2) is 14.3 Å². The van der Waals surface area contributed by atoms with Gasteiger partial charge in [-0.3, -0.25) is 19.1 Å².